The first-order valence-electron chi connectivity index (χ1n) is 6.11. The number of amidine groups is 1. The molecule has 0 bridgehead atoms. The molecule has 2 rings (SSSR count). The quantitative estimate of drug-likeness (QED) is 0.625. The van der Waals surface area contributed by atoms with Gasteiger partial charge in [-0.2, -0.15) is 0 Å². The van der Waals surface area contributed by atoms with Crippen molar-refractivity contribution in [3.63, 3.8) is 0 Å². The fourth-order valence-electron chi connectivity index (χ4n) is 1.83. The van der Waals surface area contributed by atoms with Crippen molar-refractivity contribution in [3.8, 4) is 0 Å². The van der Waals surface area contributed by atoms with Crippen LogP contribution in [0.15, 0.2) is 30.3 Å². The molecule has 2 aromatic rings. The van der Waals surface area contributed by atoms with Crippen LogP contribution in [-0.2, 0) is 0 Å². The highest BCUT2D eigenvalue weighted by Gasteiger charge is 2.06. The fourth-order valence-corrected chi connectivity index (χ4v) is 2.79. The summed E-state index contributed by atoms with van der Waals surface area (Å²) in [6.45, 7) is 4.42. The summed E-state index contributed by atoms with van der Waals surface area (Å²) in [5.41, 5.74) is 6.75. The standard InChI is InChI=1S/C15H18N2S/c1-10(2)5-3-6-11-7-4-8-13-12(11)9-14(18-13)15(16)17/h3-4,6-10H,5H2,1-2H3,(H3,16,17)/b6-3+. The van der Waals surface area contributed by atoms with Crippen LogP contribution in [-0.4, -0.2) is 5.84 Å². The minimum absolute atomic E-state index is 0.147. The van der Waals surface area contributed by atoms with Crippen molar-refractivity contribution < 1.29 is 0 Å². The Bertz CT molecular complexity index is 594. The average Bonchev–Trinajstić information content (AvgIpc) is 2.73. The Balaban J connectivity index is 2.38. The minimum atomic E-state index is 0.147. The Morgan fingerprint density at radius 2 is 2.22 bits per heavy atom. The van der Waals surface area contributed by atoms with Crippen LogP contribution in [0.2, 0.25) is 0 Å². The van der Waals surface area contributed by atoms with Gasteiger partial charge in [0, 0.05) is 10.1 Å². The highest BCUT2D eigenvalue weighted by Crippen LogP contribution is 2.29. The van der Waals surface area contributed by atoms with E-state index in [9.17, 15) is 0 Å². The molecule has 0 atom stereocenters. The second-order valence-electron chi connectivity index (χ2n) is 4.82. The lowest BCUT2D eigenvalue weighted by molar-refractivity contribution is 0.665. The highest BCUT2D eigenvalue weighted by atomic mass is 32.1. The van der Waals surface area contributed by atoms with Crippen LogP contribution in [0.25, 0.3) is 16.2 Å². The van der Waals surface area contributed by atoms with Gasteiger partial charge < -0.3 is 5.73 Å². The molecule has 0 fully saturated rings. The van der Waals surface area contributed by atoms with E-state index in [1.54, 1.807) is 11.3 Å². The van der Waals surface area contributed by atoms with Gasteiger partial charge >= 0.3 is 0 Å². The number of nitrogens with one attached hydrogen (secondary N) is 1. The molecule has 0 aliphatic carbocycles. The Kier molecular flexibility index (Phi) is 3.82. The van der Waals surface area contributed by atoms with Crippen molar-refractivity contribution in [1.29, 1.82) is 5.41 Å². The summed E-state index contributed by atoms with van der Waals surface area (Å²) >= 11 is 1.58. The molecule has 18 heavy (non-hydrogen) atoms. The summed E-state index contributed by atoms with van der Waals surface area (Å²) in [7, 11) is 0. The molecule has 1 aromatic carbocycles. The van der Waals surface area contributed by atoms with E-state index in [0.29, 0.717) is 5.92 Å². The zero-order valence-corrected chi connectivity index (χ0v) is 11.6. The predicted octanol–water partition coefficient (Wildman–Crippen LogP) is 4.24. The van der Waals surface area contributed by atoms with Gasteiger partial charge in [0.2, 0.25) is 0 Å². The van der Waals surface area contributed by atoms with Crippen LogP contribution in [0, 0.1) is 11.3 Å². The molecule has 0 unspecified atom stereocenters. The Labute approximate surface area is 112 Å². The second kappa shape index (κ2) is 5.36. The predicted molar refractivity (Wildman–Crippen MR) is 81.3 cm³/mol. The number of fused-ring (bicyclic) bond motifs is 1. The van der Waals surface area contributed by atoms with E-state index in [-0.39, 0.29) is 5.84 Å². The van der Waals surface area contributed by atoms with Crippen LogP contribution in [0.3, 0.4) is 0 Å². The first kappa shape index (κ1) is 12.8. The molecule has 0 aliphatic rings. The monoisotopic (exact) mass is 258 g/mol. The largest absolute Gasteiger partial charge is 0.383 e. The van der Waals surface area contributed by atoms with Gasteiger partial charge in [0.15, 0.2) is 0 Å². The Hall–Kier alpha value is -1.61. The lowest BCUT2D eigenvalue weighted by Gasteiger charge is -1.99. The van der Waals surface area contributed by atoms with Gasteiger partial charge in [0.05, 0.1) is 4.88 Å². The summed E-state index contributed by atoms with van der Waals surface area (Å²) in [6, 6.07) is 8.25. The molecule has 0 spiro atoms. The first-order chi connectivity index (χ1) is 8.58. The van der Waals surface area contributed by atoms with Crippen LogP contribution in [0.1, 0.15) is 30.7 Å². The molecular weight excluding hydrogens is 240 g/mol. The molecule has 1 aromatic heterocycles. The van der Waals surface area contributed by atoms with E-state index in [0.717, 1.165) is 11.3 Å². The molecule has 2 nitrogen and oxygen atoms in total. The van der Waals surface area contributed by atoms with Gasteiger partial charge in [-0.15, -0.1) is 11.3 Å². The summed E-state index contributed by atoms with van der Waals surface area (Å²) in [6.07, 6.45) is 5.46. The molecule has 0 aliphatic heterocycles. The number of hydrogen-bond acceptors (Lipinski definition) is 2. The Morgan fingerprint density at radius 1 is 1.44 bits per heavy atom. The summed E-state index contributed by atoms with van der Waals surface area (Å²) < 4.78 is 1.19. The van der Waals surface area contributed by atoms with E-state index >= 15 is 0 Å². The molecule has 0 saturated carbocycles. The van der Waals surface area contributed by atoms with Crippen LogP contribution >= 0.6 is 11.3 Å². The lowest BCUT2D eigenvalue weighted by Crippen LogP contribution is -2.08. The molecule has 3 N–H and O–H groups in total. The SMILES string of the molecule is CC(C)C/C=C/c1cccc2sc(C(=N)N)cc12. The van der Waals surface area contributed by atoms with Crippen molar-refractivity contribution in [2.24, 2.45) is 11.7 Å². The molecular formula is C15H18N2S. The van der Waals surface area contributed by atoms with E-state index in [2.05, 4.69) is 44.2 Å². The average molecular weight is 258 g/mol. The molecule has 0 saturated heterocycles. The molecule has 0 radical (unpaired) electrons. The van der Waals surface area contributed by atoms with Crippen LogP contribution in [0.4, 0.5) is 0 Å². The topological polar surface area (TPSA) is 49.9 Å². The third-order valence-corrected chi connectivity index (χ3v) is 3.90. The number of nitrogens with two attached hydrogens (primary N) is 1. The summed E-state index contributed by atoms with van der Waals surface area (Å²) in [4.78, 5) is 0.842. The van der Waals surface area contributed by atoms with Gasteiger partial charge in [-0.3, -0.25) is 5.41 Å². The fraction of sp³-hybridized carbons (Fsp3) is 0.267. The van der Waals surface area contributed by atoms with Crippen LogP contribution < -0.4 is 5.73 Å². The zero-order valence-electron chi connectivity index (χ0n) is 10.7. The Morgan fingerprint density at radius 3 is 2.89 bits per heavy atom. The summed E-state index contributed by atoms with van der Waals surface area (Å²) in [5.74, 6) is 0.823. The second-order valence-corrected chi connectivity index (χ2v) is 5.90. The van der Waals surface area contributed by atoms with E-state index in [1.165, 1.54) is 15.6 Å². The number of thiophene rings is 1. The van der Waals surface area contributed by atoms with Crippen molar-refractivity contribution in [2.45, 2.75) is 20.3 Å². The molecule has 0 amide bonds. The maximum atomic E-state index is 7.50. The number of nitrogen functional groups attached to an aromatic ring is 1. The van der Waals surface area contributed by atoms with E-state index in [4.69, 9.17) is 11.1 Å². The van der Waals surface area contributed by atoms with Crippen molar-refractivity contribution in [1.82, 2.24) is 0 Å². The molecule has 94 valence electrons. The molecule has 3 heteroatoms. The normalized spacial score (nSPS) is 11.7. The molecule has 1 heterocycles. The van der Waals surface area contributed by atoms with Gasteiger partial charge in [-0.05, 0) is 30.0 Å². The first-order valence-corrected chi connectivity index (χ1v) is 6.93. The summed E-state index contributed by atoms with van der Waals surface area (Å²) in [5, 5.41) is 8.69. The smallest absolute Gasteiger partial charge is 0.133 e. The van der Waals surface area contributed by atoms with Gasteiger partial charge in [0.25, 0.3) is 0 Å². The maximum absolute atomic E-state index is 7.50. The highest BCUT2D eigenvalue weighted by molar-refractivity contribution is 7.20. The lowest BCUT2D eigenvalue weighted by atomic mass is 10.1. The number of hydrogen-bond donors (Lipinski definition) is 2. The van der Waals surface area contributed by atoms with Gasteiger partial charge in [-0.1, -0.05) is 38.1 Å². The third kappa shape index (κ3) is 2.79. The van der Waals surface area contributed by atoms with Crippen molar-refractivity contribution in [3.05, 3.63) is 40.8 Å². The van der Waals surface area contributed by atoms with E-state index in [1.807, 2.05) is 6.07 Å². The minimum Gasteiger partial charge on any atom is -0.383 e. The van der Waals surface area contributed by atoms with Gasteiger partial charge in [0.1, 0.15) is 5.84 Å². The maximum Gasteiger partial charge on any atom is 0.133 e. The van der Waals surface area contributed by atoms with E-state index < -0.39 is 0 Å². The van der Waals surface area contributed by atoms with Gasteiger partial charge in [-0.25, -0.2) is 0 Å². The number of rotatable bonds is 4. The van der Waals surface area contributed by atoms with Crippen molar-refractivity contribution >= 4 is 33.3 Å². The number of benzene rings is 1. The number of allylic oxidation sites excluding steroid dienone is 1. The van der Waals surface area contributed by atoms with Crippen LogP contribution in [0.5, 0.6) is 0 Å². The van der Waals surface area contributed by atoms with Crippen molar-refractivity contribution in [2.75, 3.05) is 0 Å². The zero-order chi connectivity index (χ0) is 13.1. The third-order valence-electron chi connectivity index (χ3n) is 2.77.